The fourth-order valence-corrected chi connectivity index (χ4v) is 3.02. The summed E-state index contributed by atoms with van der Waals surface area (Å²) in [7, 11) is 0. The molecule has 0 aliphatic rings. The molecule has 162 valence electrons. The number of amides is 2. The van der Waals surface area contributed by atoms with Crippen LogP contribution in [0.15, 0.2) is 46.9 Å². The molecule has 0 aliphatic heterocycles. The number of hydrogen-bond acceptors (Lipinski definition) is 3. The highest BCUT2D eigenvalue weighted by molar-refractivity contribution is 9.10. The third kappa shape index (κ3) is 7.13. The summed E-state index contributed by atoms with van der Waals surface area (Å²) < 4.78 is 19.9. The van der Waals surface area contributed by atoms with E-state index in [2.05, 4.69) is 21.2 Å². The Bertz CT molecular complexity index is 894. The summed E-state index contributed by atoms with van der Waals surface area (Å²) in [6, 6.07) is 10.6. The monoisotopic (exact) mass is 478 g/mol. The number of aryl methyl sites for hydroxylation is 1. The lowest BCUT2D eigenvalue weighted by atomic mass is 10.1. The highest BCUT2D eigenvalue weighted by atomic mass is 79.9. The van der Waals surface area contributed by atoms with E-state index in [9.17, 15) is 14.0 Å². The van der Waals surface area contributed by atoms with Crippen molar-refractivity contribution >= 4 is 27.7 Å². The zero-order chi connectivity index (χ0) is 22.5. The highest BCUT2D eigenvalue weighted by Gasteiger charge is 2.28. The van der Waals surface area contributed by atoms with Gasteiger partial charge in [-0.25, -0.2) is 4.39 Å². The summed E-state index contributed by atoms with van der Waals surface area (Å²) in [4.78, 5) is 27.1. The minimum absolute atomic E-state index is 0.167. The Hall–Kier alpha value is -2.41. The maximum absolute atomic E-state index is 13.3. The van der Waals surface area contributed by atoms with Gasteiger partial charge in [-0.3, -0.25) is 9.59 Å². The van der Waals surface area contributed by atoms with Crippen molar-refractivity contribution in [2.75, 3.05) is 6.61 Å². The minimum Gasteiger partial charge on any atom is -0.484 e. The lowest BCUT2D eigenvalue weighted by Gasteiger charge is -2.31. The first-order valence-electron chi connectivity index (χ1n) is 9.71. The molecule has 7 heteroatoms. The SMILES string of the molecule is Cc1cc(OCC(=O)N(Cc2ccc(F)cc2)C(C)C(=O)NC(C)(C)C)ccc1Br. The number of hydrogen-bond donors (Lipinski definition) is 1. The molecule has 2 rings (SSSR count). The van der Waals surface area contributed by atoms with Crippen molar-refractivity contribution in [1.82, 2.24) is 10.2 Å². The van der Waals surface area contributed by atoms with Crippen LogP contribution in [-0.2, 0) is 16.1 Å². The molecule has 0 saturated heterocycles. The average molecular weight is 479 g/mol. The van der Waals surface area contributed by atoms with Crippen LogP contribution < -0.4 is 10.1 Å². The Morgan fingerprint density at radius 3 is 2.37 bits per heavy atom. The van der Waals surface area contributed by atoms with Gasteiger partial charge in [-0.1, -0.05) is 28.1 Å². The second kappa shape index (κ2) is 10.1. The molecule has 0 radical (unpaired) electrons. The van der Waals surface area contributed by atoms with Crippen molar-refractivity contribution in [2.45, 2.75) is 52.7 Å². The quantitative estimate of drug-likeness (QED) is 0.631. The van der Waals surface area contributed by atoms with E-state index in [0.717, 1.165) is 15.6 Å². The number of ether oxygens (including phenoxy) is 1. The predicted molar refractivity (Wildman–Crippen MR) is 119 cm³/mol. The van der Waals surface area contributed by atoms with E-state index in [4.69, 9.17) is 4.74 Å². The van der Waals surface area contributed by atoms with Gasteiger partial charge in [0.2, 0.25) is 5.91 Å². The topological polar surface area (TPSA) is 58.6 Å². The molecule has 0 aromatic heterocycles. The second-order valence-electron chi connectivity index (χ2n) is 8.26. The van der Waals surface area contributed by atoms with Crippen LogP contribution in [-0.4, -0.2) is 34.9 Å². The van der Waals surface area contributed by atoms with Gasteiger partial charge in [0.05, 0.1) is 0 Å². The van der Waals surface area contributed by atoms with Crippen molar-refractivity contribution in [1.29, 1.82) is 0 Å². The molecule has 2 amide bonds. The lowest BCUT2D eigenvalue weighted by molar-refractivity contribution is -0.142. The molecule has 2 aromatic carbocycles. The third-order valence-electron chi connectivity index (χ3n) is 4.42. The summed E-state index contributed by atoms with van der Waals surface area (Å²) in [6.07, 6.45) is 0. The van der Waals surface area contributed by atoms with Gasteiger partial charge in [0.25, 0.3) is 5.91 Å². The van der Waals surface area contributed by atoms with Gasteiger partial charge in [0.15, 0.2) is 6.61 Å². The smallest absolute Gasteiger partial charge is 0.261 e. The fraction of sp³-hybridized carbons (Fsp3) is 0.391. The van der Waals surface area contributed by atoms with Crippen LogP contribution in [0.3, 0.4) is 0 Å². The minimum atomic E-state index is -0.725. The van der Waals surface area contributed by atoms with E-state index in [0.29, 0.717) is 5.75 Å². The summed E-state index contributed by atoms with van der Waals surface area (Å²) in [5.74, 6) is -0.393. The molecule has 30 heavy (non-hydrogen) atoms. The largest absolute Gasteiger partial charge is 0.484 e. The van der Waals surface area contributed by atoms with Crippen molar-refractivity contribution in [2.24, 2.45) is 0 Å². The molecule has 1 N–H and O–H groups in total. The highest BCUT2D eigenvalue weighted by Crippen LogP contribution is 2.22. The van der Waals surface area contributed by atoms with Gasteiger partial charge in [-0.05, 0) is 76.1 Å². The molecule has 0 heterocycles. The number of benzene rings is 2. The molecule has 0 bridgehead atoms. The number of carbonyl (C=O) groups excluding carboxylic acids is 2. The van der Waals surface area contributed by atoms with Crippen molar-refractivity contribution in [3.63, 3.8) is 0 Å². The van der Waals surface area contributed by atoms with Crippen LogP contribution in [0.4, 0.5) is 4.39 Å². The zero-order valence-electron chi connectivity index (χ0n) is 18.0. The van der Waals surface area contributed by atoms with Crippen molar-refractivity contribution < 1.29 is 18.7 Å². The molecule has 0 spiro atoms. The Labute approximate surface area is 185 Å². The van der Waals surface area contributed by atoms with Crippen LogP contribution >= 0.6 is 15.9 Å². The molecule has 0 fully saturated rings. The number of nitrogens with one attached hydrogen (secondary N) is 1. The summed E-state index contributed by atoms with van der Waals surface area (Å²) in [5.41, 5.74) is 1.28. The third-order valence-corrected chi connectivity index (χ3v) is 5.31. The van der Waals surface area contributed by atoms with Crippen LogP contribution in [0.25, 0.3) is 0 Å². The molecular formula is C23H28BrFN2O3. The lowest BCUT2D eigenvalue weighted by Crippen LogP contribution is -2.53. The second-order valence-corrected chi connectivity index (χ2v) is 9.12. The summed E-state index contributed by atoms with van der Waals surface area (Å²) >= 11 is 3.43. The van der Waals surface area contributed by atoms with Gasteiger partial charge in [-0.15, -0.1) is 0 Å². The van der Waals surface area contributed by atoms with Crippen LogP contribution in [0.5, 0.6) is 5.75 Å². The van der Waals surface area contributed by atoms with Gasteiger partial charge in [0, 0.05) is 16.6 Å². The number of carbonyl (C=O) groups is 2. The summed E-state index contributed by atoms with van der Waals surface area (Å²) in [6.45, 7) is 9.19. The normalized spacial score (nSPS) is 12.2. The number of nitrogens with zero attached hydrogens (tertiary/aromatic N) is 1. The first kappa shape index (κ1) is 23.9. The Morgan fingerprint density at radius 2 is 1.80 bits per heavy atom. The molecule has 1 atom stereocenters. The zero-order valence-corrected chi connectivity index (χ0v) is 19.5. The van der Waals surface area contributed by atoms with Crippen molar-refractivity contribution in [3.05, 3.63) is 63.9 Å². The van der Waals surface area contributed by atoms with Crippen LogP contribution in [0.2, 0.25) is 0 Å². The van der Waals surface area contributed by atoms with Gasteiger partial charge in [0.1, 0.15) is 17.6 Å². The van der Waals surface area contributed by atoms with E-state index in [-0.39, 0.29) is 30.8 Å². The average Bonchev–Trinajstić information content (AvgIpc) is 2.66. The molecule has 1 unspecified atom stereocenters. The Kier molecular flexibility index (Phi) is 8.01. The fourth-order valence-electron chi connectivity index (χ4n) is 2.78. The van der Waals surface area contributed by atoms with Gasteiger partial charge in [-0.2, -0.15) is 0 Å². The maximum atomic E-state index is 13.3. The van der Waals surface area contributed by atoms with Crippen LogP contribution in [0.1, 0.15) is 38.8 Å². The van der Waals surface area contributed by atoms with E-state index >= 15 is 0 Å². The van der Waals surface area contributed by atoms with E-state index in [1.807, 2.05) is 39.8 Å². The number of rotatable bonds is 7. The Morgan fingerprint density at radius 1 is 1.17 bits per heavy atom. The standard InChI is InChI=1S/C23H28BrFN2O3/c1-15-12-19(10-11-20(15)24)30-14-21(28)27(13-17-6-8-18(25)9-7-17)16(2)22(29)26-23(3,4)5/h6-12,16H,13-14H2,1-5H3,(H,26,29). The number of halogens is 2. The predicted octanol–water partition coefficient (Wildman–Crippen LogP) is 4.61. The first-order valence-corrected chi connectivity index (χ1v) is 10.5. The molecule has 0 aliphatic carbocycles. The maximum Gasteiger partial charge on any atom is 0.261 e. The van der Waals surface area contributed by atoms with E-state index in [1.165, 1.54) is 17.0 Å². The first-order chi connectivity index (χ1) is 14.0. The van der Waals surface area contributed by atoms with E-state index < -0.39 is 11.6 Å². The molecule has 0 saturated carbocycles. The summed E-state index contributed by atoms with van der Waals surface area (Å²) in [5, 5.41) is 2.90. The van der Waals surface area contributed by atoms with E-state index in [1.54, 1.807) is 25.1 Å². The van der Waals surface area contributed by atoms with Crippen LogP contribution in [0, 0.1) is 12.7 Å². The van der Waals surface area contributed by atoms with Gasteiger partial charge >= 0.3 is 0 Å². The molecule has 5 nitrogen and oxygen atoms in total. The Balaban J connectivity index is 2.17. The molecule has 2 aromatic rings. The van der Waals surface area contributed by atoms with Gasteiger partial charge < -0.3 is 15.0 Å². The molecular weight excluding hydrogens is 451 g/mol. The van der Waals surface area contributed by atoms with Crippen molar-refractivity contribution in [3.8, 4) is 5.75 Å².